The lowest BCUT2D eigenvalue weighted by Crippen LogP contribution is -2.49. The van der Waals surface area contributed by atoms with Crippen molar-refractivity contribution in [2.24, 2.45) is 0 Å². The SMILES string of the molecule is CC(C)N1CCN(c2ccc3c(c2)COC(C)(C)O3)CC1. The van der Waals surface area contributed by atoms with E-state index in [1.54, 1.807) is 0 Å². The molecule has 4 heteroatoms. The van der Waals surface area contributed by atoms with Gasteiger partial charge in [0, 0.05) is 57.3 Å². The van der Waals surface area contributed by atoms with Gasteiger partial charge in [0.25, 0.3) is 0 Å². The Kier molecular flexibility index (Phi) is 3.84. The largest absolute Gasteiger partial charge is 0.463 e. The van der Waals surface area contributed by atoms with Crippen molar-refractivity contribution in [3.63, 3.8) is 0 Å². The Hall–Kier alpha value is -1.26. The molecule has 0 atom stereocenters. The molecule has 4 nitrogen and oxygen atoms in total. The van der Waals surface area contributed by atoms with E-state index in [0.29, 0.717) is 12.6 Å². The summed E-state index contributed by atoms with van der Waals surface area (Å²) < 4.78 is 11.6. The molecule has 1 saturated heterocycles. The van der Waals surface area contributed by atoms with E-state index in [1.807, 2.05) is 13.8 Å². The Morgan fingerprint density at radius 1 is 1.10 bits per heavy atom. The standard InChI is InChI=1S/C17H26N2O2/c1-13(2)18-7-9-19(10-8-18)15-5-6-16-14(11-15)12-20-17(3,4)21-16/h5-6,11,13H,7-10,12H2,1-4H3. The van der Waals surface area contributed by atoms with Gasteiger partial charge < -0.3 is 14.4 Å². The number of benzene rings is 1. The summed E-state index contributed by atoms with van der Waals surface area (Å²) >= 11 is 0. The third-order valence-electron chi connectivity index (χ3n) is 4.38. The van der Waals surface area contributed by atoms with E-state index >= 15 is 0 Å². The summed E-state index contributed by atoms with van der Waals surface area (Å²) in [6.45, 7) is 13.5. The summed E-state index contributed by atoms with van der Waals surface area (Å²) in [4.78, 5) is 4.99. The summed E-state index contributed by atoms with van der Waals surface area (Å²) in [7, 11) is 0. The van der Waals surface area contributed by atoms with Crippen molar-refractivity contribution in [3.05, 3.63) is 23.8 Å². The molecular formula is C17H26N2O2. The van der Waals surface area contributed by atoms with Gasteiger partial charge in [0.1, 0.15) is 5.75 Å². The molecule has 0 N–H and O–H groups in total. The summed E-state index contributed by atoms with van der Waals surface area (Å²) in [6.07, 6.45) is 0. The highest BCUT2D eigenvalue weighted by Crippen LogP contribution is 2.34. The van der Waals surface area contributed by atoms with Gasteiger partial charge in [-0.05, 0) is 32.0 Å². The Morgan fingerprint density at radius 3 is 2.48 bits per heavy atom. The topological polar surface area (TPSA) is 24.9 Å². The molecule has 0 amide bonds. The maximum atomic E-state index is 5.86. The van der Waals surface area contributed by atoms with Crippen molar-refractivity contribution >= 4 is 5.69 Å². The van der Waals surface area contributed by atoms with Gasteiger partial charge in [-0.3, -0.25) is 4.90 Å². The van der Waals surface area contributed by atoms with Gasteiger partial charge in [-0.1, -0.05) is 0 Å². The molecule has 0 radical (unpaired) electrons. The average Bonchev–Trinajstić information content (AvgIpc) is 2.46. The molecule has 0 unspecified atom stereocenters. The van der Waals surface area contributed by atoms with Crippen molar-refractivity contribution < 1.29 is 9.47 Å². The molecular weight excluding hydrogens is 264 g/mol. The van der Waals surface area contributed by atoms with Crippen LogP contribution in [0.5, 0.6) is 5.75 Å². The van der Waals surface area contributed by atoms with Crippen LogP contribution >= 0.6 is 0 Å². The first-order valence-electron chi connectivity index (χ1n) is 7.89. The van der Waals surface area contributed by atoms with Gasteiger partial charge in [-0.2, -0.15) is 0 Å². The summed E-state index contributed by atoms with van der Waals surface area (Å²) in [5, 5.41) is 0. The smallest absolute Gasteiger partial charge is 0.205 e. The van der Waals surface area contributed by atoms with E-state index in [9.17, 15) is 0 Å². The normalized spacial score (nSPS) is 22.0. The minimum absolute atomic E-state index is 0.516. The third-order valence-corrected chi connectivity index (χ3v) is 4.38. The number of fused-ring (bicyclic) bond motifs is 1. The van der Waals surface area contributed by atoms with Gasteiger partial charge in [-0.15, -0.1) is 0 Å². The number of hydrogen-bond donors (Lipinski definition) is 0. The lowest BCUT2D eigenvalue weighted by Gasteiger charge is -2.39. The monoisotopic (exact) mass is 290 g/mol. The zero-order valence-electron chi connectivity index (χ0n) is 13.6. The summed E-state index contributed by atoms with van der Waals surface area (Å²) in [5.74, 6) is 0.438. The molecule has 116 valence electrons. The van der Waals surface area contributed by atoms with Crippen LogP contribution in [-0.4, -0.2) is 42.9 Å². The van der Waals surface area contributed by atoms with Gasteiger partial charge in [0.15, 0.2) is 0 Å². The number of rotatable bonds is 2. The van der Waals surface area contributed by atoms with Gasteiger partial charge >= 0.3 is 0 Å². The van der Waals surface area contributed by atoms with Crippen molar-refractivity contribution in [1.29, 1.82) is 0 Å². The fraction of sp³-hybridized carbons (Fsp3) is 0.647. The quantitative estimate of drug-likeness (QED) is 0.836. The van der Waals surface area contributed by atoms with Crippen LogP contribution in [0.25, 0.3) is 0 Å². The number of anilines is 1. The van der Waals surface area contributed by atoms with Crippen LogP contribution in [0.1, 0.15) is 33.3 Å². The number of piperazine rings is 1. The van der Waals surface area contributed by atoms with E-state index in [1.165, 1.54) is 5.69 Å². The highest BCUT2D eigenvalue weighted by molar-refractivity contribution is 5.54. The fourth-order valence-corrected chi connectivity index (χ4v) is 3.02. The lowest BCUT2D eigenvalue weighted by molar-refractivity contribution is -0.180. The van der Waals surface area contributed by atoms with Gasteiger partial charge in [-0.25, -0.2) is 0 Å². The Bertz CT molecular complexity index is 506. The van der Waals surface area contributed by atoms with Crippen molar-refractivity contribution in [2.45, 2.75) is 46.1 Å². The molecule has 21 heavy (non-hydrogen) atoms. The molecule has 0 aromatic heterocycles. The zero-order valence-corrected chi connectivity index (χ0v) is 13.6. The molecule has 0 aliphatic carbocycles. The van der Waals surface area contributed by atoms with Crippen LogP contribution in [-0.2, 0) is 11.3 Å². The lowest BCUT2D eigenvalue weighted by atomic mass is 10.1. The Morgan fingerprint density at radius 2 is 1.81 bits per heavy atom. The van der Waals surface area contributed by atoms with Crippen LogP contribution < -0.4 is 9.64 Å². The first kappa shape index (κ1) is 14.7. The molecule has 1 aromatic carbocycles. The van der Waals surface area contributed by atoms with Crippen LogP contribution in [0.4, 0.5) is 5.69 Å². The van der Waals surface area contributed by atoms with Crippen LogP contribution in [0.3, 0.4) is 0 Å². The van der Waals surface area contributed by atoms with Gasteiger partial charge in [0.2, 0.25) is 5.79 Å². The molecule has 0 saturated carbocycles. The summed E-state index contributed by atoms with van der Waals surface area (Å²) in [6, 6.07) is 7.12. The number of nitrogens with zero attached hydrogens (tertiary/aromatic N) is 2. The first-order valence-corrected chi connectivity index (χ1v) is 7.89. The molecule has 2 heterocycles. The molecule has 0 bridgehead atoms. The molecule has 3 rings (SSSR count). The van der Waals surface area contributed by atoms with E-state index < -0.39 is 5.79 Å². The fourth-order valence-electron chi connectivity index (χ4n) is 3.02. The predicted octanol–water partition coefficient (Wildman–Crippen LogP) is 2.86. The third kappa shape index (κ3) is 3.16. The van der Waals surface area contributed by atoms with Crippen molar-refractivity contribution in [3.8, 4) is 5.75 Å². The molecule has 1 aromatic rings. The molecule has 0 spiro atoms. The van der Waals surface area contributed by atoms with Crippen LogP contribution in [0, 0.1) is 0 Å². The van der Waals surface area contributed by atoms with E-state index in [2.05, 4.69) is 41.8 Å². The highest BCUT2D eigenvalue weighted by Gasteiger charge is 2.28. The minimum Gasteiger partial charge on any atom is -0.463 e. The van der Waals surface area contributed by atoms with Crippen LogP contribution in [0.2, 0.25) is 0 Å². The first-order chi connectivity index (χ1) is 9.94. The minimum atomic E-state index is -0.516. The van der Waals surface area contributed by atoms with Crippen LogP contribution in [0.15, 0.2) is 18.2 Å². The molecule has 1 fully saturated rings. The summed E-state index contributed by atoms with van der Waals surface area (Å²) in [5.41, 5.74) is 2.43. The zero-order chi connectivity index (χ0) is 15.0. The Balaban J connectivity index is 1.71. The highest BCUT2D eigenvalue weighted by atomic mass is 16.7. The van der Waals surface area contributed by atoms with E-state index in [4.69, 9.17) is 9.47 Å². The van der Waals surface area contributed by atoms with Crippen molar-refractivity contribution in [2.75, 3.05) is 31.1 Å². The number of ether oxygens (including phenoxy) is 2. The molecule has 2 aliphatic rings. The maximum absolute atomic E-state index is 5.86. The van der Waals surface area contributed by atoms with E-state index in [0.717, 1.165) is 37.5 Å². The number of hydrogen-bond acceptors (Lipinski definition) is 4. The second-order valence-electron chi connectivity index (χ2n) is 6.70. The van der Waals surface area contributed by atoms with E-state index in [-0.39, 0.29) is 0 Å². The average molecular weight is 290 g/mol. The Labute approximate surface area is 127 Å². The molecule has 2 aliphatic heterocycles. The van der Waals surface area contributed by atoms with Crippen molar-refractivity contribution in [1.82, 2.24) is 4.90 Å². The predicted molar refractivity (Wildman–Crippen MR) is 84.9 cm³/mol. The maximum Gasteiger partial charge on any atom is 0.205 e. The van der Waals surface area contributed by atoms with Gasteiger partial charge in [0.05, 0.1) is 6.61 Å². The second kappa shape index (κ2) is 5.50. The second-order valence-corrected chi connectivity index (χ2v) is 6.70.